The second-order valence-corrected chi connectivity index (χ2v) is 4.25. The van der Waals surface area contributed by atoms with Crippen molar-refractivity contribution >= 4 is 22.7 Å². The number of aromatic amines is 1. The molecular formula is C15H13N3O2. The summed E-state index contributed by atoms with van der Waals surface area (Å²) in [5.74, 6) is 1.45. The third kappa shape index (κ3) is 2.47. The lowest BCUT2D eigenvalue weighted by Gasteiger charge is -2.05. The van der Waals surface area contributed by atoms with E-state index in [4.69, 9.17) is 4.42 Å². The molecule has 3 rings (SSSR count). The van der Waals surface area contributed by atoms with Crippen LogP contribution in [-0.2, 0) is 0 Å². The molecule has 0 aliphatic carbocycles. The number of fused-ring (bicyclic) bond motifs is 1. The molecule has 0 fully saturated rings. The van der Waals surface area contributed by atoms with Gasteiger partial charge in [0.1, 0.15) is 5.76 Å². The second-order valence-electron chi connectivity index (χ2n) is 4.25. The highest BCUT2D eigenvalue weighted by Crippen LogP contribution is 2.16. The van der Waals surface area contributed by atoms with E-state index in [0.717, 1.165) is 11.1 Å². The number of rotatable bonds is 4. The van der Waals surface area contributed by atoms with Gasteiger partial charge in [-0.3, -0.25) is 4.79 Å². The monoisotopic (exact) mass is 267 g/mol. The Hall–Kier alpha value is -2.82. The minimum absolute atomic E-state index is 0.183. The summed E-state index contributed by atoms with van der Waals surface area (Å²) in [6, 6.07) is 11.1. The lowest BCUT2D eigenvalue weighted by molar-refractivity contribution is 0.557. The van der Waals surface area contributed by atoms with E-state index in [-0.39, 0.29) is 5.56 Å². The van der Waals surface area contributed by atoms with Gasteiger partial charge >= 0.3 is 0 Å². The van der Waals surface area contributed by atoms with Crippen molar-refractivity contribution in [1.29, 1.82) is 0 Å². The molecular weight excluding hydrogens is 254 g/mol. The van der Waals surface area contributed by atoms with E-state index in [1.54, 1.807) is 12.3 Å². The van der Waals surface area contributed by atoms with E-state index in [2.05, 4.69) is 15.5 Å². The molecule has 3 aromatic rings. The van der Waals surface area contributed by atoms with Crippen molar-refractivity contribution in [3.63, 3.8) is 0 Å². The third-order valence-electron chi connectivity index (χ3n) is 2.91. The second kappa shape index (κ2) is 5.44. The van der Waals surface area contributed by atoms with Crippen LogP contribution in [0.3, 0.4) is 0 Å². The molecule has 0 radical (unpaired) electrons. The highest BCUT2D eigenvalue weighted by Gasteiger charge is 2.03. The van der Waals surface area contributed by atoms with Crippen molar-refractivity contribution in [2.45, 2.75) is 0 Å². The quantitative estimate of drug-likeness (QED) is 0.762. The molecule has 0 atom stereocenters. The highest BCUT2D eigenvalue weighted by molar-refractivity contribution is 5.90. The topological polar surface area (TPSA) is 70.9 Å². The van der Waals surface area contributed by atoms with E-state index in [9.17, 15) is 4.79 Å². The van der Waals surface area contributed by atoms with Crippen molar-refractivity contribution in [3.8, 4) is 0 Å². The van der Waals surface area contributed by atoms with E-state index in [1.807, 2.05) is 42.5 Å². The van der Waals surface area contributed by atoms with Crippen LogP contribution in [0, 0.1) is 0 Å². The maximum Gasteiger partial charge on any atom is 0.272 e. The molecule has 0 bridgehead atoms. The van der Waals surface area contributed by atoms with Crippen molar-refractivity contribution < 1.29 is 4.42 Å². The van der Waals surface area contributed by atoms with Gasteiger partial charge in [-0.2, -0.15) is 5.10 Å². The molecule has 0 aliphatic heterocycles. The summed E-state index contributed by atoms with van der Waals surface area (Å²) in [4.78, 5) is 11.6. The predicted octanol–water partition coefficient (Wildman–Crippen LogP) is 2.64. The first kappa shape index (κ1) is 12.2. The van der Waals surface area contributed by atoms with Gasteiger partial charge < -0.3 is 9.73 Å². The Labute approximate surface area is 114 Å². The van der Waals surface area contributed by atoms with Gasteiger partial charge in [0.05, 0.1) is 11.6 Å². The number of anilines is 1. The van der Waals surface area contributed by atoms with Gasteiger partial charge in [-0.25, -0.2) is 5.10 Å². The van der Waals surface area contributed by atoms with Crippen molar-refractivity contribution in [3.05, 3.63) is 64.9 Å². The average Bonchev–Trinajstić information content (AvgIpc) is 2.99. The number of aromatic nitrogens is 2. The molecule has 5 heteroatoms. The molecule has 0 spiro atoms. The van der Waals surface area contributed by atoms with E-state index >= 15 is 0 Å². The van der Waals surface area contributed by atoms with Crippen LogP contribution in [0.1, 0.15) is 5.76 Å². The van der Waals surface area contributed by atoms with Crippen LogP contribution >= 0.6 is 0 Å². The number of nitrogens with one attached hydrogen (secondary N) is 2. The van der Waals surface area contributed by atoms with Gasteiger partial charge in [-0.15, -0.1) is 0 Å². The van der Waals surface area contributed by atoms with Crippen molar-refractivity contribution in [2.24, 2.45) is 0 Å². The van der Waals surface area contributed by atoms with Crippen LogP contribution in [-0.4, -0.2) is 16.7 Å². The number of furan rings is 1. The van der Waals surface area contributed by atoms with Crippen LogP contribution in [0.15, 0.2) is 57.9 Å². The lowest BCUT2D eigenvalue weighted by atomic mass is 10.2. The molecule has 2 aromatic heterocycles. The van der Waals surface area contributed by atoms with Gasteiger partial charge in [0.25, 0.3) is 5.56 Å². The molecule has 5 nitrogen and oxygen atoms in total. The van der Waals surface area contributed by atoms with Crippen LogP contribution in [0.25, 0.3) is 16.8 Å². The summed E-state index contributed by atoms with van der Waals surface area (Å²) >= 11 is 0. The first-order chi connectivity index (χ1) is 9.84. The van der Waals surface area contributed by atoms with Gasteiger partial charge in [-0.05, 0) is 24.3 Å². The molecule has 0 saturated heterocycles. The van der Waals surface area contributed by atoms with Gasteiger partial charge in [0.2, 0.25) is 0 Å². The summed E-state index contributed by atoms with van der Waals surface area (Å²) in [7, 11) is 0. The fourth-order valence-electron chi connectivity index (χ4n) is 1.97. The summed E-state index contributed by atoms with van der Waals surface area (Å²) in [5.41, 5.74) is -0.183. The molecule has 2 N–H and O–H groups in total. The van der Waals surface area contributed by atoms with Crippen LogP contribution in [0.5, 0.6) is 0 Å². The Balaban J connectivity index is 1.78. The minimum Gasteiger partial charge on any atom is -0.465 e. The van der Waals surface area contributed by atoms with Crippen LogP contribution in [0.4, 0.5) is 5.82 Å². The average molecular weight is 267 g/mol. The predicted molar refractivity (Wildman–Crippen MR) is 78.6 cm³/mol. The maximum absolute atomic E-state index is 11.6. The van der Waals surface area contributed by atoms with Gasteiger partial charge in [0.15, 0.2) is 5.82 Å². The first-order valence-corrected chi connectivity index (χ1v) is 6.26. The summed E-state index contributed by atoms with van der Waals surface area (Å²) in [5, 5.41) is 11.1. The molecule has 20 heavy (non-hydrogen) atoms. The summed E-state index contributed by atoms with van der Waals surface area (Å²) < 4.78 is 5.19. The number of hydrogen-bond donors (Lipinski definition) is 2. The number of benzene rings is 1. The minimum atomic E-state index is -0.183. The first-order valence-electron chi connectivity index (χ1n) is 6.26. The summed E-state index contributed by atoms with van der Waals surface area (Å²) in [6.45, 7) is 0.587. The molecule has 0 amide bonds. The SMILES string of the molecule is O=c1[nH]nc(NCC=Cc2ccco2)c2ccccc12. The van der Waals surface area contributed by atoms with Crippen molar-refractivity contribution in [1.82, 2.24) is 10.2 Å². The fourth-order valence-corrected chi connectivity index (χ4v) is 1.97. The summed E-state index contributed by atoms with van der Waals surface area (Å²) in [6.07, 6.45) is 5.44. The Kier molecular flexibility index (Phi) is 3.33. The van der Waals surface area contributed by atoms with Crippen molar-refractivity contribution in [2.75, 3.05) is 11.9 Å². The zero-order valence-electron chi connectivity index (χ0n) is 10.7. The molecule has 0 saturated carbocycles. The Morgan fingerprint density at radius 3 is 2.85 bits per heavy atom. The number of nitrogens with zero attached hydrogens (tertiary/aromatic N) is 1. The molecule has 1 aromatic carbocycles. The highest BCUT2D eigenvalue weighted by atomic mass is 16.3. The zero-order chi connectivity index (χ0) is 13.8. The van der Waals surface area contributed by atoms with E-state index in [0.29, 0.717) is 17.7 Å². The maximum atomic E-state index is 11.6. The zero-order valence-corrected chi connectivity index (χ0v) is 10.7. The normalized spacial score (nSPS) is 11.2. The smallest absolute Gasteiger partial charge is 0.272 e. The largest absolute Gasteiger partial charge is 0.465 e. The lowest BCUT2D eigenvalue weighted by Crippen LogP contribution is -2.12. The third-order valence-corrected chi connectivity index (χ3v) is 2.91. The number of H-pyrrole nitrogens is 1. The Morgan fingerprint density at radius 2 is 2.05 bits per heavy atom. The Morgan fingerprint density at radius 1 is 1.20 bits per heavy atom. The molecule has 0 aliphatic rings. The van der Waals surface area contributed by atoms with E-state index < -0.39 is 0 Å². The fraction of sp³-hybridized carbons (Fsp3) is 0.0667. The van der Waals surface area contributed by atoms with Crippen LogP contribution in [0.2, 0.25) is 0 Å². The van der Waals surface area contributed by atoms with E-state index in [1.165, 1.54) is 0 Å². The molecule has 2 heterocycles. The van der Waals surface area contributed by atoms with Gasteiger partial charge in [-0.1, -0.05) is 24.3 Å². The number of hydrogen-bond acceptors (Lipinski definition) is 4. The standard InChI is InChI=1S/C15H13N3O2/c19-15-13-8-2-1-7-12(13)14(17-18-15)16-9-3-5-11-6-4-10-20-11/h1-8,10H,9H2,(H,16,17)(H,18,19). The molecule has 0 unspecified atom stereocenters. The van der Waals surface area contributed by atoms with Crippen LogP contribution < -0.4 is 10.9 Å². The molecule has 100 valence electrons. The van der Waals surface area contributed by atoms with Gasteiger partial charge in [0, 0.05) is 11.9 Å². The Bertz CT molecular complexity index is 788.